The van der Waals surface area contributed by atoms with Crippen LogP contribution in [-0.4, -0.2) is 44.4 Å². The fourth-order valence-electron chi connectivity index (χ4n) is 5.99. The number of fused-ring (bicyclic) bond motifs is 4. The summed E-state index contributed by atoms with van der Waals surface area (Å²) in [5, 5.41) is 6.51. The third-order valence-electron chi connectivity index (χ3n) is 7.96. The molecular weight excluding hydrogens is 516 g/mol. The molecule has 2 atom stereocenters. The van der Waals surface area contributed by atoms with Crippen LogP contribution in [0.2, 0.25) is 0 Å². The molecule has 0 bridgehead atoms. The van der Waals surface area contributed by atoms with Crippen molar-refractivity contribution < 1.29 is 9.53 Å². The van der Waals surface area contributed by atoms with Gasteiger partial charge in [-0.3, -0.25) is 4.79 Å². The number of hydrogen-bond donors (Lipinski definition) is 0. The maximum absolute atomic E-state index is 14.4. The second kappa shape index (κ2) is 8.66. The van der Waals surface area contributed by atoms with Crippen molar-refractivity contribution in [1.29, 1.82) is 0 Å². The number of aryl methyl sites for hydroxylation is 1. The van der Waals surface area contributed by atoms with Gasteiger partial charge in [0.25, 0.3) is 5.91 Å². The molecule has 3 aromatic rings. The van der Waals surface area contributed by atoms with Gasteiger partial charge in [0.15, 0.2) is 0 Å². The van der Waals surface area contributed by atoms with E-state index >= 15 is 0 Å². The van der Waals surface area contributed by atoms with E-state index in [9.17, 15) is 4.79 Å². The summed E-state index contributed by atoms with van der Waals surface area (Å²) in [6, 6.07) is 22.6. The Labute approximate surface area is 220 Å². The zero-order chi connectivity index (χ0) is 25.0. The second-order valence-electron chi connectivity index (χ2n) is 9.91. The van der Waals surface area contributed by atoms with E-state index in [2.05, 4.69) is 63.0 Å². The fourth-order valence-corrected chi connectivity index (χ4v) is 6.40. The van der Waals surface area contributed by atoms with Gasteiger partial charge >= 0.3 is 0 Å². The van der Waals surface area contributed by atoms with E-state index in [4.69, 9.17) is 9.84 Å². The predicted molar refractivity (Wildman–Crippen MR) is 148 cm³/mol. The van der Waals surface area contributed by atoms with Gasteiger partial charge in [-0.1, -0.05) is 33.6 Å². The van der Waals surface area contributed by atoms with E-state index < -0.39 is 5.41 Å². The van der Waals surface area contributed by atoms with Crippen LogP contribution in [0.5, 0.6) is 5.75 Å². The summed E-state index contributed by atoms with van der Waals surface area (Å²) < 4.78 is 6.39. The lowest BCUT2D eigenvalue weighted by Crippen LogP contribution is -2.67. The molecule has 36 heavy (non-hydrogen) atoms. The standard InChI is InChI=1S/C29H29BrN4O2/c1-19-4-7-24(8-5-19)34-28(35)29(20(2)31-34)17-21-16-22(30)6-13-26(21)33-15-14-32(18-27(29)33)23-9-11-25(36-3)12-10-23/h4-13,16,27H,14-15,17-18H2,1-3H3/t27-,29-/m0/s1. The Morgan fingerprint density at radius 1 is 0.972 bits per heavy atom. The van der Waals surface area contributed by atoms with Gasteiger partial charge in [-0.15, -0.1) is 0 Å². The van der Waals surface area contributed by atoms with Crippen molar-refractivity contribution in [2.45, 2.75) is 26.3 Å². The molecule has 6 nitrogen and oxygen atoms in total. The summed E-state index contributed by atoms with van der Waals surface area (Å²) in [4.78, 5) is 19.2. The van der Waals surface area contributed by atoms with Crippen LogP contribution in [0, 0.1) is 12.3 Å². The van der Waals surface area contributed by atoms with E-state index in [1.165, 1.54) is 11.3 Å². The summed E-state index contributed by atoms with van der Waals surface area (Å²) in [6.45, 7) is 6.52. The topological polar surface area (TPSA) is 48.4 Å². The molecule has 3 aliphatic heterocycles. The fraction of sp³-hybridized carbons (Fsp3) is 0.310. The van der Waals surface area contributed by atoms with Crippen molar-refractivity contribution in [2.24, 2.45) is 10.5 Å². The molecule has 184 valence electrons. The van der Waals surface area contributed by atoms with Gasteiger partial charge in [0, 0.05) is 35.5 Å². The van der Waals surface area contributed by atoms with Crippen LogP contribution < -0.4 is 19.5 Å². The Kier molecular flexibility index (Phi) is 5.56. The lowest BCUT2D eigenvalue weighted by molar-refractivity contribution is -0.125. The maximum Gasteiger partial charge on any atom is 0.261 e. The molecule has 0 N–H and O–H groups in total. The van der Waals surface area contributed by atoms with E-state index in [0.717, 1.165) is 52.5 Å². The highest BCUT2D eigenvalue weighted by atomic mass is 79.9. The number of benzene rings is 3. The largest absolute Gasteiger partial charge is 0.497 e. The van der Waals surface area contributed by atoms with Gasteiger partial charge in [0.05, 0.1) is 24.6 Å². The van der Waals surface area contributed by atoms with E-state index in [1.807, 2.05) is 43.3 Å². The molecule has 3 aliphatic rings. The van der Waals surface area contributed by atoms with Crippen LogP contribution in [0.4, 0.5) is 17.1 Å². The number of anilines is 3. The van der Waals surface area contributed by atoms with Crippen molar-refractivity contribution in [3.8, 4) is 5.75 Å². The highest BCUT2D eigenvalue weighted by Crippen LogP contribution is 2.49. The number of hydrogen-bond acceptors (Lipinski definition) is 5. The molecule has 1 spiro atoms. The van der Waals surface area contributed by atoms with Gasteiger partial charge < -0.3 is 14.5 Å². The zero-order valence-electron chi connectivity index (χ0n) is 20.7. The summed E-state index contributed by atoms with van der Waals surface area (Å²) >= 11 is 3.65. The molecular formula is C29H29BrN4O2. The third kappa shape index (κ3) is 3.52. The van der Waals surface area contributed by atoms with Gasteiger partial charge in [-0.05, 0) is 80.4 Å². The second-order valence-corrected chi connectivity index (χ2v) is 10.8. The number of carbonyl (C=O) groups is 1. The Bertz CT molecular complexity index is 1350. The molecule has 1 fully saturated rings. The smallest absolute Gasteiger partial charge is 0.261 e. The lowest BCUT2D eigenvalue weighted by atomic mass is 9.67. The average molecular weight is 545 g/mol. The molecule has 0 unspecified atom stereocenters. The number of halogens is 1. The molecule has 0 aromatic heterocycles. The normalized spacial score (nSPS) is 23.0. The van der Waals surface area contributed by atoms with Gasteiger partial charge in [0.2, 0.25) is 0 Å². The van der Waals surface area contributed by atoms with Gasteiger partial charge in [-0.2, -0.15) is 10.1 Å². The number of methoxy groups -OCH3 is 1. The lowest BCUT2D eigenvalue weighted by Gasteiger charge is -2.53. The number of rotatable bonds is 3. The first-order valence-corrected chi connectivity index (χ1v) is 13.1. The Morgan fingerprint density at radius 2 is 1.69 bits per heavy atom. The summed E-state index contributed by atoms with van der Waals surface area (Å²) in [5.41, 5.74) is 5.67. The zero-order valence-corrected chi connectivity index (χ0v) is 22.3. The summed E-state index contributed by atoms with van der Waals surface area (Å²) in [6.07, 6.45) is 0.635. The predicted octanol–water partition coefficient (Wildman–Crippen LogP) is 5.43. The quantitative estimate of drug-likeness (QED) is 0.441. The molecule has 3 aromatic carbocycles. The van der Waals surface area contributed by atoms with Crippen LogP contribution >= 0.6 is 15.9 Å². The molecule has 1 amide bonds. The highest BCUT2D eigenvalue weighted by Gasteiger charge is 2.60. The van der Waals surface area contributed by atoms with Crippen LogP contribution in [0.3, 0.4) is 0 Å². The van der Waals surface area contributed by atoms with Crippen LogP contribution in [-0.2, 0) is 11.2 Å². The van der Waals surface area contributed by atoms with E-state index in [0.29, 0.717) is 6.42 Å². The average Bonchev–Trinajstić information content (AvgIpc) is 3.14. The molecule has 0 saturated carbocycles. The molecule has 6 rings (SSSR count). The first-order valence-electron chi connectivity index (χ1n) is 12.3. The van der Waals surface area contributed by atoms with E-state index in [-0.39, 0.29) is 11.9 Å². The monoisotopic (exact) mass is 544 g/mol. The van der Waals surface area contributed by atoms with Crippen molar-refractivity contribution >= 4 is 44.6 Å². The van der Waals surface area contributed by atoms with Crippen LogP contribution in [0.15, 0.2) is 76.3 Å². The number of carbonyl (C=O) groups excluding carboxylic acids is 1. The minimum Gasteiger partial charge on any atom is -0.497 e. The Morgan fingerprint density at radius 3 is 2.42 bits per heavy atom. The third-order valence-corrected chi connectivity index (χ3v) is 8.45. The number of amides is 1. The van der Waals surface area contributed by atoms with Gasteiger partial charge in [0.1, 0.15) is 11.2 Å². The minimum absolute atomic E-state index is 0.0336. The Balaban J connectivity index is 1.43. The van der Waals surface area contributed by atoms with Crippen molar-refractivity contribution in [3.63, 3.8) is 0 Å². The Hall–Kier alpha value is -3.32. The van der Waals surface area contributed by atoms with E-state index in [1.54, 1.807) is 12.1 Å². The van der Waals surface area contributed by atoms with Crippen molar-refractivity contribution in [3.05, 3.63) is 82.3 Å². The first kappa shape index (κ1) is 23.1. The first-order chi connectivity index (χ1) is 17.4. The number of ether oxygens (including phenoxy) is 1. The molecule has 3 heterocycles. The SMILES string of the molecule is COc1ccc(N2CCN3c4ccc(Br)cc4C[C@@]4(C(=O)N(c5ccc(C)cc5)N=C4C)[C@@H]3C2)cc1. The number of nitrogens with zero attached hydrogens (tertiary/aromatic N) is 4. The van der Waals surface area contributed by atoms with Crippen LogP contribution in [0.1, 0.15) is 18.1 Å². The minimum atomic E-state index is -0.732. The van der Waals surface area contributed by atoms with Gasteiger partial charge in [-0.25, -0.2) is 0 Å². The molecule has 1 saturated heterocycles. The summed E-state index contributed by atoms with van der Waals surface area (Å²) in [5.74, 6) is 0.898. The summed E-state index contributed by atoms with van der Waals surface area (Å²) in [7, 11) is 1.68. The maximum atomic E-state index is 14.4. The van der Waals surface area contributed by atoms with Crippen molar-refractivity contribution in [1.82, 2.24) is 0 Å². The van der Waals surface area contributed by atoms with Crippen LogP contribution in [0.25, 0.3) is 0 Å². The number of piperazine rings is 1. The van der Waals surface area contributed by atoms with Crippen molar-refractivity contribution in [2.75, 3.05) is 41.6 Å². The molecule has 0 radical (unpaired) electrons. The number of hydrazone groups is 1. The highest BCUT2D eigenvalue weighted by molar-refractivity contribution is 9.10. The molecule has 7 heteroatoms. The molecule has 0 aliphatic carbocycles.